The summed E-state index contributed by atoms with van der Waals surface area (Å²) in [6.45, 7) is 0. The quantitative estimate of drug-likeness (QED) is 0.433. The molecule has 9 heteroatoms. The number of carbonyl (C=O) groups excluding carboxylic acids is 1. The molecule has 1 aliphatic rings. The Morgan fingerprint density at radius 2 is 1.88 bits per heavy atom. The van der Waals surface area contributed by atoms with Crippen molar-refractivity contribution >= 4 is 17.7 Å². The van der Waals surface area contributed by atoms with Crippen LogP contribution in [0.3, 0.4) is 0 Å². The van der Waals surface area contributed by atoms with Gasteiger partial charge in [0, 0.05) is 12.9 Å². The summed E-state index contributed by atoms with van der Waals surface area (Å²) in [6, 6.07) is 8.55. The van der Waals surface area contributed by atoms with Crippen LogP contribution in [0.15, 0.2) is 30.3 Å². The molecule has 24 heavy (non-hydrogen) atoms. The molecular weight excluding hydrogens is 347 g/mol. The number of aliphatic carboxylic acids is 1. The number of ether oxygens (including phenoxy) is 2. The number of carbonyl (C=O) groups is 1. The summed E-state index contributed by atoms with van der Waals surface area (Å²) < 4.78 is 10.3. The maximum absolute atomic E-state index is 11.3. The van der Waals surface area contributed by atoms with Gasteiger partial charge < -0.3 is 34.7 Å². The molecule has 0 radical (unpaired) electrons. The summed E-state index contributed by atoms with van der Waals surface area (Å²) >= 11 is 1.01. The molecule has 1 heterocycles. The summed E-state index contributed by atoms with van der Waals surface area (Å²) in [7, 11) is 1.30. The zero-order valence-corrected chi connectivity index (χ0v) is 16.3. The minimum absolute atomic E-state index is 0. The molecule has 6 atom stereocenters. The molecule has 1 aromatic carbocycles. The number of carboxylic acids is 1. The van der Waals surface area contributed by atoms with Gasteiger partial charge in [0.2, 0.25) is 0 Å². The maximum Gasteiger partial charge on any atom is 1.00 e. The van der Waals surface area contributed by atoms with Crippen LogP contribution in [0.1, 0.15) is 10.8 Å². The summed E-state index contributed by atoms with van der Waals surface area (Å²) in [5.41, 5.74) is 0.562. The molecule has 2 rings (SSSR count). The Morgan fingerprint density at radius 3 is 2.42 bits per heavy atom. The van der Waals surface area contributed by atoms with Crippen molar-refractivity contribution in [3.8, 4) is 0 Å². The van der Waals surface area contributed by atoms with E-state index in [2.05, 4.69) is 0 Å². The molecule has 7 nitrogen and oxygen atoms in total. The number of carboxylic acid groups (broad SMARTS) is 1. The van der Waals surface area contributed by atoms with E-state index in [1.807, 2.05) is 0 Å². The molecule has 0 amide bonds. The van der Waals surface area contributed by atoms with Crippen LogP contribution in [0.25, 0.3) is 0 Å². The van der Waals surface area contributed by atoms with Crippen LogP contribution < -0.4 is 34.7 Å². The molecule has 1 aliphatic heterocycles. The first kappa shape index (κ1) is 21.9. The fraction of sp³-hybridized carbons (Fsp3) is 0.533. The van der Waals surface area contributed by atoms with Gasteiger partial charge in [-0.3, -0.25) is 0 Å². The van der Waals surface area contributed by atoms with Crippen molar-refractivity contribution in [3.63, 3.8) is 0 Å². The first-order chi connectivity index (χ1) is 11.0. The van der Waals surface area contributed by atoms with Crippen molar-refractivity contribution in [2.45, 2.75) is 36.0 Å². The molecule has 0 bridgehead atoms. The average molecular weight is 366 g/mol. The Bertz CT molecular complexity index is 516. The number of thioether (sulfide) groups is 1. The van der Waals surface area contributed by atoms with Gasteiger partial charge in [-0.15, -0.1) is 11.8 Å². The third kappa shape index (κ3) is 5.17. The number of hydrogen-bond donors (Lipinski definition) is 3. The fourth-order valence-electron chi connectivity index (χ4n) is 2.37. The Balaban J connectivity index is 0.00000288. The molecule has 1 saturated heterocycles. The third-order valence-electron chi connectivity index (χ3n) is 3.64. The molecular formula is C15H19NaO7S. The third-order valence-corrected chi connectivity index (χ3v) is 4.96. The molecule has 0 aromatic heterocycles. The Labute approximate surface area is 166 Å². The summed E-state index contributed by atoms with van der Waals surface area (Å²) in [5.74, 6) is -1.17. The number of rotatable bonds is 6. The summed E-state index contributed by atoms with van der Waals surface area (Å²) in [5, 5.41) is 39.9. The number of methoxy groups -OCH3 is 1. The van der Waals surface area contributed by atoms with Crippen molar-refractivity contribution in [2.24, 2.45) is 0 Å². The van der Waals surface area contributed by atoms with Gasteiger partial charge in [0.05, 0.1) is 17.3 Å². The first-order valence-electron chi connectivity index (χ1n) is 7.05. The SMILES string of the molecule is CO[C@@H]1O[C@@H](CSC(C(=O)[O-])c2ccccc2)[C@H](O)[C@H](O)[C@@H]1O.[Na+]. The molecule has 1 fully saturated rings. The van der Waals surface area contributed by atoms with E-state index in [0.29, 0.717) is 5.56 Å². The van der Waals surface area contributed by atoms with E-state index in [1.165, 1.54) is 7.11 Å². The van der Waals surface area contributed by atoms with Crippen LogP contribution in [0.2, 0.25) is 0 Å². The van der Waals surface area contributed by atoms with Crippen LogP contribution in [-0.4, -0.2) is 64.9 Å². The monoisotopic (exact) mass is 366 g/mol. The Morgan fingerprint density at radius 1 is 1.25 bits per heavy atom. The van der Waals surface area contributed by atoms with E-state index in [-0.39, 0.29) is 35.3 Å². The molecule has 3 N–H and O–H groups in total. The molecule has 0 aliphatic carbocycles. The van der Waals surface area contributed by atoms with Crippen LogP contribution >= 0.6 is 11.8 Å². The van der Waals surface area contributed by atoms with E-state index in [1.54, 1.807) is 30.3 Å². The van der Waals surface area contributed by atoms with Gasteiger partial charge in [-0.25, -0.2) is 0 Å². The normalized spacial score (nSPS) is 31.1. The second-order valence-corrected chi connectivity index (χ2v) is 6.33. The zero-order valence-electron chi connectivity index (χ0n) is 13.4. The number of aliphatic hydroxyl groups excluding tert-OH is 3. The van der Waals surface area contributed by atoms with Crippen LogP contribution in [-0.2, 0) is 14.3 Å². The average Bonchev–Trinajstić information content (AvgIpc) is 2.55. The number of hydrogen-bond acceptors (Lipinski definition) is 8. The Kier molecular flexibility index (Phi) is 9.21. The molecule has 128 valence electrons. The van der Waals surface area contributed by atoms with E-state index in [0.717, 1.165) is 11.8 Å². The van der Waals surface area contributed by atoms with Gasteiger partial charge in [0.1, 0.15) is 18.3 Å². The number of benzene rings is 1. The standard InChI is InChI=1S/C15H20O7S.Na/c1-21-15-12(18)11(17)10(16)9(22-15)7-23-13(14(19)20)8-5-3-2-4-6-8;/h2-6,9-13,15-18H,7H2,1H3,(H,19,20);/q;+1/p-1/t9-,10-,11-,12-,13?,15+;/m0./s1. The minimum atomic E-state index is -1.43. The van der Waals surface area contributed by atoms with Gasteiger partial charge in [0.25, 0.3) is 0 Å². The van der Waals surface area contributed by atoms with E-state index in [9.17, 15) is 25.2 Å². The van der Waals surface area contributed by atoms with Gasteiger partial charge in [-0.2, -0.15) is 0 Å². The first-order valence-corrected chi connectivity index (χ1v) is 8.10. The zero-order chi connectivity index (χ0) is 17.0. The second-order valence-electron chi connectivity index (χ2n) is 5.19. The van der Waals surface area contributed by atoms with E-state index < -0.39 is 41.9 Å². The van der Waals surface area contributed by atoms with Crippen molar-refractivity contribution in [1.29, 1.82) is 0 Å². The molecule has 1 unspecified atom stereocenters. The van der Waals surface area contributed by atoms with Gasteiger partial charge in [0.15, 0.2) is 6.29 Å². The van der Waals surface area contributed by atoms with E-state index >= 15 is 0 Å². The van der Waals surface area contributed by atoms with Gasteiger partial charge in [-0.1, -0.05) is 30.3 Å². The van der Waals surface area contributed by atoms with Crippen molar-refractivity contribution in [3.05, 3.63) is 35.9 Å². The fourth-order valence-corrected chi connectivity index (χ4v) is 3.51. The van der Waals surface area contributed by atoms with E-state index in [4.69, 9.17) is 9.47 Å². The van der Waals surface area contributed by atoms with Crippen LogP contribution in [0.4, 0.5) is 0 Å². The smallest absolute Gasteiger partial charge is 0.549 e. The van der Waals surface area contributed by atoms with Crippen LogP contribution in [0, 0.1) is 0 Å². The second kappa shape index (κ2) is 10.1. The summed E-state index contributed by atoms with van der Waals surface area (Å²) in [4.78, 5) is 11.3. The summed E-state index contributed by atoms with van der Waals surface area (Å²) in [6.07, 6.45) is -6.12. The van der Waals surface area contributed by atoms with Crippen molar-refractivity contribution in [1.82, 2.24) is 0 Å². The minimum Gasteiger partial charge on any atom is -0.549 e. The van der Waals surface area contributed by atoms with Crippen LogP contribution in [0.5, 0.6) is 0 Å². The molecule has 0 saturated carbocycles. The molecule has 1 aromatic rings. The van der Waals surface area contributed by atoms with Crippen molar-refractivity contribution in [2.75, 3.05) is 12.9 Å². The Hall–Kier alpha value is -0.160. The number of aliphatic hydroxyl groups is 3. The maximum atomic E-state index is 11.3. The van der Waals surface area contributed by atoms with Gasteiger partial charge >= 0.3 is 29.6 Å². The molecule has 0 spiro atoms. The predicted molar refractivity (Wildman–Crippen MR) is 80.3 cm³/mol. The predicted octanol–water partition coefficient (Wildman–Crippen LogP) is -4.33. The van der Waals surface area contributed by atoms with Gasteiger partial charge in [-0.05, 0) is 5.56 Å². The largest absolute Gasteiger partial charge is 1.00 e. The topological polar surface area (TPSA) is 119 Å². The van der Waals surface area contributed by atoms with Crippen molar-refractivity contribution < 1.29 is 64.3 Å².